The molecule has 0 aliphatic carbocycles. The lowest BCUT2D eigenvalue weighted by Crippen LogP contribution is -2.54. The molecule has 1 saturated heterocycles. The number of piperidine rings is 1. The van der Waals surface area contributed by atoms with E-state index in [2.05, 4.69) is 30.9 Å². The molecule has 1 aromatic carbocycles. The molecule has 2 aliphatic rings. The van der Waals surface area contributed by atoms with Gasteiger partial charge in [-0.2, -0.15) is 18.2 Å². The average Bonchev–Trinajstić information content (AvgIpc) is 3.00. The maximum absolute atomic E-state index is 14.2. The Morgan fingerprint density at radius 1 is 1.14 bits per heavy atom. The first-order valence-corrected chi connectivity index (χ1v) is 13.5. The lowest BCUT2D eigenvalue weighted by atomic mass is 9.86. The molecule has 3 heterocycles. The summed E-state index contributed by atoms with van der Waals surface area (Å²) in [6.07, 6.45) is -2.54. The van der Waals surface area contributed by atoms with E-state index in [-0.39, 0.29) is 42.8 Å². The average molecular weight is 628 g/mol. The van der Waals surface area contributed by atoms with Crippen molar-refractivity contribution in [2.45, 2.75) is 37.1 Å². The summed E-state index contributed by atoms with van der Waals surface area (Å²) in [5.41, 5.74) is -1.15. The second kappa shape index (κ2) is 14.1. The molecular weight excluding hydrogens is 597 g/mol. The van der Waals surface area contributed by atoms with Crippen molar-refractivity contribution in [3.8, 4) is 0 Å². The number of hydrogen-bond acceptors (Lipinski definition) is 9. The zero-order valence-electron chi connectivity index (χ0n) is 23.7. The molecule has 1 fully saturated rings. The Balaban J connectivity index is 1.44. The third kappa shape index (κ3) is 7.51. The molecule has 0 bridgehead atoms. The van der Waals surface area contributed by atoms with Crippen LogP contribution in [0.1, 0.15) is 42.0 Å². The number of urea groups is 2. The molecule has 3 N–H and O–H groups in total. The minimum absolute atomic E-state index is 0.0140. The summed E-state index contributed by atoms with van der Waals surface area (Å²) in [6.45, 7) is 0.388. The second-order valence-corrected chi connectivity index (χ2v) is 10.0. The van der Waals surface area contributed by atoms with Crippen LogP contribution in [0.4, 0.5) is 31.5 Å². The van der Waals surface area contributed by atoms with E-state index in [0.717, 1.165) is 37.6 Å². The van der Waals surface area contributed by atoms with Crippen LogP contribution in [0.5, 0.6) is 0 Å². The lowest BCUT2D eigenvalue weighted by molar-refractivity contribution is -0.145. The summed E-state index contributed by atoms with van der Waals surface area (Å²) in [4.78, 5) is 51.3. The van der Waals surface area contributed by atoms with E-state index in [1.807, 2.05) is 0 Å². The summed E-state index contributed by atoms with van der Waals surface area (Å²) in [7, 11) is 2.39. The van der Waals surface area contributed by atoms with E-state index in [9.17, 15) is 36.3 Å². The maximum atomic E-state index is 14.2. The minimum atomic E-state index is -4.60. The number of hydrogen-bond donors (Lipinski definition) is 3. The van der Waals surface area contributed by atoms with Crippen molar-refractivity contribution in [2.75, 3.05) is 40.5 Å². The number of methoxy groups -OCH3 is 2. The number of aliphatic imine (C=N–C) groups is 1. The van der Waals surface area contributed by atoms with Crippen LogP contribution in [0.3, 0.4) is 0 Å². The molecule has 4 amide bonds. The van der Waals surface area contributed by atoms with Crippen molar-refractivity contribution >= 4 is 23.7 Å². The maximum Gasteiger partial charge on any atom is 0.433 e. The van der Waals surface area contributed by atoms with Crippen LogP contribution in [0.15, 0.2) is 35.5 Å². The molecule has 2 aliphatic heterocycles. The quantitative estimate of drug-likeness (QED) is 0.217. The molecule has 2 aromatic rings. The highest BCUT2D eigenvalue weighted by Gasteiger charge is 2.47. The van der Waals surface area contributed by atoms with E-state index in [1.54, 1.807) is 0 Å². The van der Waals surface area contributed by atoms with Gasteiger partial charge >= 0.3 is 24.2 Å². The van der Waals surface area contributed by atoms with E-state index >= 15 is 0 Å². The molecule has 4 rings (SSSR count). The number of ether oxygens (including phenoxy) is 2. The second-order valence-electron chi connectivity index (χ2n) is 10.0. The number of halogens is 5. The number of esters is 1. The Hall–Kier alpha value is -4.09. The molecular formula is C27H30F5N7O5. The Bertz CT molecular complexity index is 1410. The number of nitrogens with zero attached hydrogens (tertiary/aromatic N) is 4. The van der Waals surface area contributed by atoms with Crippen molar-refractivity contribution < 1.29 is 45.8 Å². The lowest BCUT2D eigenvalue weighted by Gasteiger charge is -2.37. The smallest absolute Gasteiger partial charge is 0.433 e. The molecule has 3 unspecified atom stereocenters. The van der Waals surface area contributed by atoms with Gasteiger partial charge in [0.15, 0.2) is 11.6 Å². The van der Waals surface area contributed by atoms with Gasteiger partial charge < -0.3 is 25.4 Å². The van der Waals surface area contributed by atoms with Gasteiger partial charge in [0.2, 0.25) is 0 Å². The fourth-order valence-electron chi connectivity index (χ4n) is 5.14. The first-order chi connectivity index (χ1) is 20.9. The van der Waals surface area contributed by atoms with Gasteiger partial charge in [0.05, 0.1) is 31.5 Å². The van der Waals surface area contributed by atoms with E-state index in [0.29, 0.717) is 24.3 Å². The van der Waals surface area contributed by atoms with Crippen LogP contribution < -0.4 is 16.0 Å². The number of benzene rings is 1. The Morgan fingerprint density at radius 2 is 1.91 bits per heavy atom. The van der Waals surface area contributed by atoms with Crippen LogP contribution in [0, 0.1) is 17.6 Å². The van der Waals surface area contributed by atoms with Crippen LogP contribution in [-0.2, 0) is 20.4 Å². The topological polar surface area (TPSA) is 147 Å². The third-order valence-electron chi connectivity index (χ3n) is 7.16. The number of aromatic nitrogens is 2. The summed E-state index contributed by atoms with van der Waals surface area (Å²) < 4.78 is 77.1. The van der Waals surface area contributed by atoms with Gasteiger partial charge in [0.25, 0.3) is 0 Å². The van der Waals surface area contributed by atoms with Gasteiger partial charge in [0.1, 0.15) is 17.4 Å². The Kier molecular flexibility index (Phi) is 10.5. The fourth-order valence-corrected chi connectivity index (χ4v) is 5.14. The van der Waals surface area contributed by atoms with Gasteiger partial charge in [-0.15, -0.1) is 0 Å². The van der Waals surface area contributed by atoms with E-state index < -0.39 is 59.5 Å². The number of carbonyl (C=O) groups excluding carboxylic acids is 3. The zero-order valence-corrected chi connectivity index (χ0v) is 23.7. The van der Waals surface area contributed by atoms with Crippen molar-refractivity contribution in [3.63, 3.8) is 0 Å². The van der Waals surface area contributed by atoms with Crippen LogP contribution in [-0.4, -0.2) is 85.1 Å². The van der Waals surface area contributed by atoms with Gasteiger partial charge in [-0.25, -0.2) is 33.2 Å². The molecule has 4 atom stereocenters. The fraction of sp³-hybridized carbons (Fsp3) is 0.481. The van der Waals surface area contributed by atoms with Crippen molar-refractivity contribution in [1.82, 2.24) is 30.8 Å². The molecule has 0 spiro atoms. The molecule has 238 valence electrons. The standard InChI is InChI=1S/C27H30F5N7O5/c1-43-13-19-21(24(40)44-2)22(14-3-4-16(28)17(29)11-14)39(26(42)37-19)25(41)36-10-9-33-15-5-7-34-18(12-15)23-35-8-6-20(38-23)27(30,31)32/h3-4,6,8,11,15,18,21-22,33-34H,5,7,9-10,12-13H2,1-2H3,(H,36,41)/t15?,18?,21?,22-/m0/s1. The van der Waals surface area contributed by atoms with Gasteiger partial charge in [-0.3, -0.25) is 4.79 Å². The Labute approximate surface area is 248 Å². The van der Waals surface area contributed by atoms with Crippen LogP contribution in [0.25, 0.3) is 0 Å². The monoisotopic (exact) mass is 627 g/mol. The van der Waals surface area contributed by atoms with E-state index in [4.69, 9.17) is 9.47 Å². The van der Waals surface area contributed by atoms with Crippen molar-refractivity contribution in [1.29, 1.82) is 0 Å². The van der Waals surface area contributed by atoms with Gasteiger partial charge in [-0.05, 0) is 43.1 Å². The number of alkyl halides is 3. The number of amides is 4. The summed E-state index contributed by atoms with van der Waals surface area (Å²) in [5.74, 6) is -4.66. The highest BCUT2D eigenvalue weighted by atomic mass is 19.4. The largest absolute Gasteiger partial charge is 0.468 e. The number of rotatable bonds is 9. The highest BCUT2D eigenvalue weighted by molar-refractivity contribution is 6.12. The SMILES string of the molecule is COCC1=NC(=O)N(C(=O)NCCNC2CCNC(c3nccc(C(F)(F)F)n3)C2)[C@@H](c2ccc(F)c(F)c2)C1C(=O)OC. The number of carbonyl (C=O) groups is 3. The molecule has 44 heavy (non-hydrogen) atoms. The normalized spacial score (nSPS) is 22.4. The summed E-state index contributed by atoms with van der Waals surface area (Å²) in [6, 6.07) is -0.607. The summed E-state index contributed by atoms with van der Waals surface area (Å²) in [5, 5.41) is 8.87. The van der Waals surface area contributed by atoms with Gasteiger partial charge in [0, 0.05) is 32.4 Å². The van der Waals surface area contributed by atoms with Crippen molar-refractivity contribution in [3.05, 3.63) is 59.2 Å². The number of nitrogens with one attached hydrogen (secondary N) is 3. The predicted molar refractivity (Wildman–Crippen MR) is 143 cm³/mol. The summed E-state index contributed by atoms with van der Waals surface area (Å²) >= 11 is 0. The zero-order chi connectivity index (χ0) is 32.0. The predicted octanol–water partition coefficient (Wildman–Crippen LogP) is 2.92. The highest BCUT2D eigenvalue weighted by Crippen LogP contribution is 2.36. The molecule has 1 aromatic heterocycles. The van der Waals surface area contributed by atoms with E-state index in [1.165, 1.54) is 7.11 Å². The first-order valence-electron chi connectivity index (χ1n) is 13.5. The van der Waals surface area contributed by atoms with Crippen LogP contribution >= 0.6 is 0 Å². The molecule has 0 saturated carbocycles. The Morgan fingerprint density at radius 3 is 2.59 bits per heavy atom. The van der Waals surface area contributed by atoms with Crippen LogP contribution in [0.2, 0.25) is 0 Å². The third-order valence-corrected chi connectivity index (χ3v) is 7.16. The first kappa shape index (κ1) is 32.8. The minimum Gasteiger partial charge on any atom is -0.468 e. The molecule has 17 heteroatoms. The van der Waals surface area contributed by atoms with Crippen molar-refractivity contribution in [2.24, 2.45) is 10.9 Å². The number of imide groups is 1. The van der Waals surface area contributed by atoms with Gasteiger partial charge in [-0.1, -0.05) is 6.07 Å². The molecule has 12 nitrogen and oxygen atoms in total. The molecule has 0 radical (unpaired) electrons.